The number of aldehydes is 1. The number of nitrogens with zero attached hydrogens (tertiary/aromatic N) is 1. The zero-order valence-electron chi connectivity index (χ0n) is 22.6. The number of alkyl halides is 6. The second-order valence-corrected chi connectivity index (χ2v) is 10.3. The lowest BCUT2D eigenvalue weighted by Gasteiger charge is -2.48. The van der Waals surface area contributed by atoms with Gasteiger partial charge in [-0.3, -0.25) is 4.90 Å². The second-order valence-electron chi connectivity index (χ2n) is 10.3. The summed E-state index contributed by atoms with van der Waals surface area (Å²) in [6.45, 7) is 1.02. The summed E-state index contributed by atoms with van der Waals surface area (Å²) >= 11 is 0. The number of halogens is 6. The van der Waals surface area contributed by atoms with E-state index in [0.29, 0.717) is 24.1 Å². The largest absolute Gasteiger partial charge is 0.445 e. The second kappa shape index (κ2) is 12.6. The van der Waals surface area contributed by atoms with Crippen LogP contribution in [0.1, 0.15) is 53.7 Å². The molecule has 0 bridgehead atoms. The van der Waals surface area contributed by atoms with Gasteiger partial charge < -0.3 is 14.3 Å². The van der Waals surface area contributed by atoms with Crippen LogP contribution in [-0.4, -0.2) is 30.4 Å². The molecule has 0 radical (unpaired) electrons. The normalized spacial score (nSPS) is 20.2. The Labute approximate surface area is 239 Å². The maximum Gasteiger partial charge on any atom is 0.416 e. The summed E-state index contributed by atoms with van der Waals surface area (Å²) in [7, 11) is 0. The van der Waals surface area contributed by atoms with E-state index >= 15 is 0 Å². The molecule has 1 saturated heterocycles. The number of hydrogen-bond acceptors (Lipinski definition) is 4. The third-order valence-corrected chi connectivity index (χ3v) is 7.44. The maximum absolute atomic E-state index is 13.5. The molecule has 11 heteroatoms. The number of rotatable bonds is 8. The molecule has 0 saturated carbocycles. The number of ether oxygens (including phenoxy) is 2. The highest BCUT2D eigenvalue weighted by molar-refractivity contribution is 5.71. The van der Waals surface area contributed by atoms with Crippen LogP contribution in [-0.2, 0) is 38.8 Å². The molecule has 0 aliphatic carbocycles. The number of piperidine rings is 1. The van der Waals surface area contributed by atoms with Gasteiger partial charge in [-0.25, -0.2) is 4.79 Å². The molecular weight excluding hydrogens is 564 g/mol. The molecule has 42 heavy (non-hydrogen) atoms. The molecule has 1 aliphatic heterocycles. The van der Waals surface area contributed by atoms with Crippen LogP contribution in [0.3, 0.4) is 0 Å². The van der Waals surface area contributed by atoms with E-state index in [9.17, 15) is 35.9 Å². The predicted molar refractivity (Wildman–Crippen MR) is 141 cm³/mol. The van der Waals surface area contributed by atoms with Gasteiger partial charge in [0.1, 0.15) is 12.9 Å². The highest BCUT2D eigenvalue weighted by Crippen LogP contribution is 2.42. The van der Waals surface area contributed by atoms with Gasteiger partial charge in [0.15, 0.2) is 0 Å². The predicted octanol–water partition coefficient (Wildman–Crippen LogP) is 7.95. The number of carbonyl (C=O) groups excluding carboxylic acids is 2. The van der Waals surface area contributed by atoms with Crippen molar-refractivity contribution >= 4 is 12.4 Å². The molecular formula is C31H29F6NO4. The van der Waals surface area contributed by atoms with Crippen molar-refractivity contribution in [2.45, 2.75) is 50.4 Å². The number of likely N-dealkylation sites (tertiary alicyclic amines) is 1. The minimum atomic E-state index is -5.01. The van der Waals surface area contributed by atoms with Gasteiger partial charge in [-0.1, -0.05) is 60.7 Å². The van der Waals surface area contributed by atoms with Gasteiger partial charge in [-0.15, -0.1) is 0 Å². The summed E-state index contributed by atoms with van der Waals surface area (Å²) in [5.74, 6) is -0.499. The first-order chi connectivity index (χ1) is 19.8. The van der Waals surface area contributed by atoms with Gasteiger partial charge in [0.25, 0.3) is 0 Å². The minimum absolute atomic E-state index is 0.00839. The van der Waals surface area contributed by atoms with E-state index in [-0.39, 0.29) is 37.8 Å². The van der Waals surface area contributed by atoms with Crippen LogP contribution in [0.5, 0.6) is 0 Å². The van der Waals surface area contributed by atoms with Crippen molar-refractivity contribution < 1.29 is 45.4 Å². The highest BCUT2D eigenvalue weighted by Gasteiger charge is 2.47. The Morgan fingerprint density at radius 2 is 1.52 bits per heavy atom. The number of carbonyl (C=O) groups is 2. The molecule has 3 atom stereocenters. The Morgan fingerprint density at radius 1 is 0.952 bits per heavy atom. The molecule has 1 aliphatic rings. The highest BCUT2D eigenvalue weighted by atomic mass is 19.4. The van der Waals surface area contributed by atoms with Gasteiger partial charge in [0.05, 0.1) is 29.4 Å². The Hall–Kier alpha value is -3.86. The van der Waals surface area contributed by atoms with Gasteiger partial charge in [-0.2, -0.15) is 26.3 Å². The van der Waals surface area contributed by atoms with Crippen molar-refractivity contribution in [3.63, 3.8) is 0 Å². The van der Waals surface area contributed by atoms with Gasteiger partial charge in [-0.05, 0) is 54.7 Å². The van der Waals surface area contributed by atoms with E-state index in [2.05, 4.69) is 0 Å². The molecule has 1 heterocycles. The fraction of sp³-hybridized carbons (Fsp3) is 0.355. The molecule has 1 amide bonds. The van der Waals surface area contributed by atoms with Crippen molar-refractivity contribution in [2.24, 2.45) is 5.92 Å². The molecule has 224 valence electrons. The third-order valence-electron chi connectivity index (χ3n) is 7.44. The van der Waals surface area contributed by atoms with Crippen LogP contribution in [0, 0.1) is 5.92 Å². The monoisotopic (exact) mass is 593 g/mol. The molecule has 3 aromatic rings. The van der Waals surface area contributed by atoms with Gasteiger partial charge in [0, 0.05) is 12.5 Å². The first-order valence-corrected chi connectivity index (χ1v) is 13.2. The topological polar surface area (TPSA) is 55.8 Å². The fourth-order valence-electron chi connectivity index (χ4n) is 5.07. The SMILES string of the molecule is CC(OCC1(c2ccccc2)CCC(C=O)CN1C(=O)OCc1ccccc1)c1cc(C(F)(F)F)cc(C(F)(F)F)c1. The fourth-order valence-corrected chi connectivity index (χ4v) is 5.07. The van der Waals surface area contributed by atoms with Crippen LogP contribution in [0.15, 0.2) is 78.9 Å². The van der Waals surface area contributed by atoms with E-state index in [0.717, 1.165) is 11.8 Å². The zero-order chi connectivity index (χ0) is 30.5. The first kappa shape index (κ1) is 31.1. The molecule has 0 N–H and O–H groups in total. The Bertz CT molecular complexity index is 1330. The number of benzene rings is 3. The first-order valence-electron chi connectivity index (χ1n) is 13.2. The van der Waals surface area contributed by atoms with Crippen molar-refractivity contribution in [1.29, 1.82) is 0 Å². The summed E-state index contributed by atoms with van der Waals surface area (Å²) in [6, 6.07) is 19.0. The standard InChI is InChI=1S/C31H29F6NO4/c1-21(24-14-26(30(32,33)34)16-27(15-24)31(35,36)37)42-20-29(25-10-6-3-7-11-25)13-12-23(18-39)17-38(29)28(40)41-19-22-8-4-2-5-9-22/h2-11,14-16,18,21,23H,12-13,17,19-20H2,1H3. The lowest BCUT2D eigenvalue weighted by molar-refractivity contribution is -0.143. The molecule has 1 fully saturated rings. The van der Waals surface area contributed by atoms with Gasteiger partial charge in [0.2, 0.25) is 0 Å². The molecule has 0 aromatic heterocycles. The molecule has 3 aromatic carbocycles. The van der Waals surface area contributed by atoms with E-state index in [1.165, 1.54) is 11.8 Å². The lowest BCUT2D eigenvalue weighted by atomic mass is 9.78. The average molecular weight is 594 g/mol. The van der Waals surface area contributed by atoms with E-state index in [1.807, 2.05) is 6.07 Å². The van der Waals surface area contributed by atoms with Crippen molar-refractivity contribution in [3.8, 4) is 0 Å². The van der Waals surface area contributed by atoms with Crippen LogP contribution in [0.25, 0.3) is 0 Å². The average Bonchev–Trinajstić information content (AvgIpc) is 2.98. The van der Waals surface area contributed by atoms with Crippen LogP contribution in [0.4, 0.5) is 31.1 Å². The van der Waals surface area contributed by atoms with Crippen molar-refractivity contribution in [3.05, 3.63) is 107 Å². The third kappa shape index (κ3) is 7.13. The minimum Gasteiger partial charge on any atom is -0.445 e. The Morgan fingerprint density at radius 3 is 2.07 bits per heavy atom. The summed E-state index contributed by atoms with van der Waals surface area (Å²) < 4.78 is 92.4. The van der Waals surface area contributed by atoms with E-state index < -0.39 is 47.1 Å². The summed E-state index contributed by atoms with van der Waals surface area (Å²) in [5.41, 5.74) is -3.07. The molecule has 3 unspecified atom stereocenters. The quantitative estimate of drug-likeness (QED) is 0.197. The Kier molecular flexibility index (Phi) is 9.30. The summed E-state index contributed by atoms with van der Waals surface area (Å²) in [5, 5.41) is 0. The molecule has 5 nitrogen and oxygen atoms in total. The zero-order valence-corrected chi connectivity index (χ0v) is 22.6. The maximum atomic E-state index is 13.5. The molecule has 0 spiro atoms. The lowest BCUT2D eigenvalue weighted by Crippen LogP contribution is -2.57. The van der Waals surface area contributed by atoms with E-state index in [1.54, 1.807) is 54.6 Å². The van der Waals surface area contributed by atoms with Crippen LogP contribution >= 0.6 is 0 Å². The van der Waals surface area contributed by atoms with Crippen molar-refractivity contribution in [2.75, 3.05) is 13.2 Å². The summed E-state index contributed by atoms with van der Waals surface area (Å²) in [4.78, 5) is 26.6. The Balaban J connectivity index is 1.67. The molecule has 4 rings (SSSR count). The van der Waals surface area contributed by atoms with Gasteiger partial charge >= 0.3 is 18.4 Å². The van der Waals surface area contributed by atoms with Crippen LogP contribution < -0.4 is 0 Å². The van der Waals surface area contributed by atoms with Crippen molar-refractivity contribution in [1.82, 2.24) is 4.90 Å². The summed E-state index contributed by atoms with van der Waals surface area (Å²) in [6.07, 6.45) is -10.6. The number of hydrogen-bond donors (Lipinski definition) is 0. The van der Waals surface area contributed by atoms with E-state index in [4.69, 9.17) is 9.47 Å². The number of amides is 1. The smallest absolute Gasteiger partial charge is 0.416 e. The van der Waals surface area contributed by atoms with Crippen LogP contribution in [0.2, 0.25) is 0 Å².